The van der Waals surface area contributed by atoms with Crippen LogP contribution in [0.1, 0.15) is 22.3 Å². The van der Waals surface area contributed by atoms with Crippen molar-refractivity contribution in [2.45, 2.75) is 22.8 Å². The first kappa shape index (κ1) is 26.0. The van der Waals surface area contributed by atoms with Crippen LogP contribution >= 0.6 is 11.8 Å². The zero-order chi connectivity index (χ0) is 27.2. The highest BCUT2D eigenvalue weighted by Crippen LogP contribution is 2.53. The van der Waals surface area contributed by atoms with Gasteiger partial charge in [-0.25, -0.2) is 15.2 Å². The van der Waals surface area contributed by atoms with Gasteiger partial charge in [-0.3, -0.25) is 14.9 Å². The molecule has 1 fully saturated rings. The first-order valence-electron chi connectivity index (χ1n) is 12.3. The highest BCUT2D eigenvalue weighted by Gasteiger charge is 2.61. The fourth-order valence-electron chi connectivity index (χ4n) is 4.64. The lowest BCUT2D eigenvalue weighted by molar-refractivity contribution is -0.523. The van der Waals surface area contributed by atoms with E-state index in [-0.39, 0.29) is 6.61 Å². The van der Waals surface area contributed by atoms with E-state index in [1.165, 1.54) is 11.8 Å². The van der Waals surface area contributed by atoms with Crippen LogP contribution in [0.5, 0.6) is 0 Å². The molecule has 0 aromatic heterocycles. The minimum absolute atomic E-state index is 0.00678. The van der Waals surface area contributed by atoms with E-state index in [1.54, 1.807) is 12.1 Å². The second-order valence-corrected chi connectivity index (χ2v) is 10.2. The monoisotopic (exact) mass is 539 g/mol. The molecule has 8 nitrogen and oxygen atoms in total. The smallest absolute Gasteiger partial charge is 0.426 e. The molecule has 1 N–H and O–H groups in total. The number of carbonyl (C=O) groups excluding carboxylic acids is 2. The van der Waals surface area contributed by atoms with Crippen LogP contribution in [0.25, 0.3) is 0 Å². The number of nitrogens with zero attached hydrogens (tertiary/aromatic N) is 2. The maximum Gasteiger partial charge on any atom is 0.426 e. The van der Waals surface area contributed by atoms with Crippen molar-refractivity contribution in [2.24, 2.45) is 0 Å². The zero-order valence-corrected chi connectivity index (χ0v) is 21.6. The number of rotatable bonds is 9. The van der Waals surface area contributed by atoms with Crippen LogP contribution in [0.2, 0.25) is 0 Å². The van der Waals surface area contributed by atoms with Crippen LogP contribution in [-0.4, -0.2) is 33.3 Å². The van der Waals surface area contributed by atoms with Gasteiger partial charge in [0.05, 0.1) is 4.75 Å². The van der Waals surface area contributed by atoms with Crippen molar-refractivity contribution in [3.63, 3.8) is 0 Å². The molecule has 1 aliphatic rings. The largest absolute Gasteiger partial charge is 0.443 e. The summed E-state index contributed by atoms with van der Waals surface area (Å²) in [6.07, 6.45) is -0.871. The molecule has 1 aliphatic heterocycles. The molecule has 0 radical (unpaired) electrons. The van der Waals surface area contributed by atoms with Crippen LogP contribution in [0.15, 0.2) is 121 Å². The maximum atomic E-state index is 12.9. The Bertz CT molecular complexity index is 1340. The third-order valence-electron chi connectivity index (χ3n) is 6.51. The van der Waals surface area contributed by atoms with Crippen molar-refractivity contribution in [1.29, 1.82) is 0 Å². The normalized spacial score (nSPS) is 16.7. The van der Waals surface area contributed by atoms with Gasteiger partial charge in [0, 0.05) is 4.92 Å². The quantitative estimate of drug-likeness (QED) is 0.133. The first-order valence-corrected chi connectivity index (χ1v) is 13.2. The van der Waals surface area contributed by atoms with Crippen LogP contribution in [-0.2, 0) is 20.9 Å². The number of hydrazine groups is 1. The van der Waals surface area contributed by atoms with Gasteiger partial charge in [-0.05, 0) is 22.3 Å². The molecule has 39 heavy (non-hydrogen) atoms. The second kappa shape index (κ2) is 11.4. The molecule has 1 saturated heterocycles. The van der Waals surface area contributed by atoms with Gasteiger partial charge in [0.1, 0.15) is 6.61 Å². The molecule has 0 saturated carbocycles. The van der Waals surface area contributed by atoms with E-state index in [9.17, 15) is 19.7 Å². The van der Waals surface area contributed by atoms with Crippen molar-refractivity contribution >= 4 is 23.8 Å². The molecule has 0 spiro atoms. The Morgan fingerprint density at radius 3 is 1.69 bits per heavy atom. The van der Waals surface area contributed by atoms with Crippen molar-refractivity contribution in [1.82, 2.24) is 10.4 Å². The van der Waals surface area contributed by atoms with E-state index in [2.05, 4.69) is 5.43 Å². The van der Waals surface area contributed by atoms with Crippen molar-refractivity contribution in [3.05, 3.63) is 154 Å². The molecule has 2 amide bonds. The molecule has 5 rings (SSSR count). The number of β-lactam (4-membered cyclic amide) rings is 1. The Labute approximate surface area is 229 Å². The van der Waals surface area contributed by atoms with Gasteiger partial charge < -0.3 is 4.74 Å². The minimum atomic E-state index is -1.54. The number of nitrogens with one attached hydrogen (secondary N) is 1. The lowest BCUT2D eigenvalue weighted by Crippen LogP contribution is -2.72. The van der Waals surface area contributed by atoms with Gasteiger partial charge in [-0.1, -0.05) is 121 Å². The van der Waals surface area contributed by atoms with E-state index in [0.29, 0.717) is 0 Å². The summed E-state index contributed by atoms with van der Waals surface area (Å²) in [6.45, 7) is -0.00678. The number of carbonyl (C=O) groups is 2. The van der Waals surface area contributed by atoms with Gasteiger partial charge in [-0.15, -0.1) is 11.8 Å². The summed E-state index contributed by atoms with van der Waals surface area (Å²) < 4.78 is 4.35. The summed E-state index contributed by atoms with van der Waals surface area (Å²) in [5.41, 5.74) is 5.84. The molecular weight excluding hydrogens is 514 g/mol. The molecule has 196 valence electrons. The van der Waals surface area contributed by atoms with E-state index in [4.69, 9.17) is 4.74 Å². The number of ether oxygens (including phenoxy) is 1. The number of amides is 2. The van der Waals surface area contributed by atoms with E-state index in [1.807, 2.05) is 109 Å². The highest BCUT2D eigenvalue weighted by molar-refractivity contribution is 8.01. The maximum absolute atomic E-state index is 12.9. The summed E-state index contributed by atoms with van der Waals surface area (Å²) in [4.78, 5) is 37.0. The summed E-state index contributed by atoms with van der Waals surface area (Å²) in [7, 11) is 0. The minimum Gasteiger partial charge on any atom is -0.443 e. The van der Waals surface area contributed by atoms with Gasteiger partial charge in [-0.2, -0.15) is 0 Å². The average molecular weight is 540 g/mol. The Hall–Kier alpha value is -4.63. The molecule has 4 aromatic carbocycles. The fraction of sp³-hybridized carbons (Fsp3) is 0.133. The van der Waals surface area contributed by atoms with Gasteiger partial charge in [0.25, 0.3) is 0 Å². The Morgan fingerprint density at radius 1 is 0.821 bits per heavy atom. The summed E-state index contributed by atoms with van der Waals surface area (Å²) >= 11 is 1.24. The molecule has 2 atom stereocenters. The molecule has 9 heteroatoms. The van der Waals surface area contributed by atoms with E-state index >= 15 is 0 Å². The Kier molecular flexibility index (Phi) is 7.60. The Morgan fingerprint density at radius 2 is 1.26 bits per heavy atom. The molecule has 0 unspecified atom stereocenters. The van der Waals surface area contributed by atoms with Crippen molar-refractivity contribution in [2.75, 3.05) is 0 Å². The SMILES string of the molecule is O=C(NN1C(=O)[C@@H]([N+](=O)[O-])[C@H]1SC(c1ccccc1)(c1ccccc1)c1ccccc1)OCc1ccccc1. The van der Waals surface area contributed by atoms with E-state index in [0.717, 1.165) is 27.3 Å². The van der Waals surface area contributed by atoms with Crippen molar-refractivity contribution in [3.8, 4) is 0 Å². The van der Waals surface area contributed by atoms with E-state index < -0.39 is 33.1 Å². The third-order valence-corrected chi connectivity index (χ3v) is 8.28. The lowest BCUT2D eigenvalue weighted by Gasteiger charge is -2.46. The van der Waals surface area contributed by atoms with Gasteiger partial charge >= 0.3 is 18.0 Å². The van der Waals surface area contributed by atoms with Crippen LogP contribution in [0.4, 0.5) is 4.79 Å². The number of benzene rings is 4. The van der Waals surface area contributed by atoms with Crippen molar-refractivity contribution < 1.29 is 19.2 Å². The summed E-state index contributed by atoms with van der Waals surface area (Å²) in [5.74, 6) is -0.808. The highest BCUT2D eigenvalue weighted by atomic mass is 32.2. The molecule has 0 bridgehead atoms. The standard InChI is InChI=1S/C30H25N3O5S/c34-27-26(33(36)37)28(32(27)31-29(35)38-21-22-13-5-1-6-14-22)39-30(23-15-7-2-8-16-23,24-17-9-3-10-18-24)25-19-11-4-12-20-25/h1-20,26,28H,21H2,(H,31,35)/t26-,28-/m1/s1. The van der Waals surface area contributed by atoms with Gasteiger partial charge in [0.15, 0.2) is 5.37 Å². The predicted octanol–water partition coefficient (Wildman–Crippen LogP) is 5.37. The number of hydrogen-bond acceptors (Lipinski definition) is 6. The number of nitro groups is 1. The van der Waals surface area contributed by atoms with Gasteiger partial charge in [0.2, 0.25) is 0 Å². The number of hydrogen-bond donors (Lipinski definition) is 1. The molecule has 0 aliphatic carbocycles. The molecular formula is C30H25N3O5S. The van der Waals surface area contributed by atoms with Crippen LogP contribution < -0.4 is 5.43 Å². The third kappa shape index (κ3) is 5.21. The zero-order valence-electron chi connectivity index (χ0n) is 20.8. The summed E-state index contributed by atoms with van der Waals surface area (Å²) in [5, 5.41) is 12.0. The molecule has 1 heterocycles. The average Bonchev–Trinajstić information content (AvgIpc) is 2.98. The fourth-order valence-corrected chi connectivity index (χ4v) is 6.42. The van der Waals surface area contributed by atoms with Crippen LogP contribution in [0, 0.1) is 10.1 Å². The molecule has 4 aromatic rings. The number of thioether (sulfide) groups is 1. The summed E-state index contributed by atoms with van der Waals surface area (Å²) in [6, 6.07) is 36.5. The first-order chi connectivity index (χ1) is 19.0. The second-order valence-electron chi connectivity index (χ2n) is 8.90. The Balaban J connectivity index is 1.52. The topological polar surface area (TPSA) is 102 Å². The van der Waals surface area contributed by atoms with Crippen LogP contribution in [0.3, 0.4) is 0 Å². The lowest BCUT2D eigenvalue weighted by atomic mass is 9.84. The predicted molar refractivity (Wildman–Crippen MR) is 148 cm³/mol.